The zero-order chi connectivity index (χ0) is 13.0. The van der Waals surface area contributed by atoms with E-state index in [2.05, 4.69) is 70.1 Å². The highest BCUT2D eigenvalue weighted by atomic mass is 79.9. The van der Waals surface area contributed by atoms with Crippen LogP contribution in [0.2, 0.25) is 0 Å². The lowest BCUT2D eigenvalue weighted by Gasteiger charge is -2.35. The maximum Gasteiger partial charge on any atom is 0.0557 e. The molecule has 1 nitrogen and oxygen atoms in total. The van der Waals surface area contributed by atoms with Gasteiger partial charge in [-0.1, -0.05) is 13.8 Å². The van der Waals surface area contributed by atoms with Gasteiger partial charge in [0.05, 0.1) is 6.04 Å². The molecule has 1 aromatic heterocycles. The van der Waals surface area contributed by atoms with E-state index in [1.807, 2.05) is 11.3 Å². The third-order valence-electron chi connectivity index (χ3n) is 3.11. The highest BCUT2D eigenvalue weighted by Gasteiger charge is 2.32. The molecule has 0 aliphatic carbocycles. The molecule has 0 radical (unpaired) electrons. The van der Waals surface area contributed by atoms with Crippen molar-refractivity contribution < 1.29 is 0 Å². The summed E-state index contributed by atoms with van der Waals surface area (Å²) >= 11 is 9.83. The van der Waals surface area contributed by atoms with Crippen LogP contribution in [0.5, 0.6) is 0 Å². The minimum atomic E-state index is 0.493. The van der Waals surface area contributed by atoms with Crippen molar-refractivity contribution in [3.05, 3.63) is 20.8 Å². The fraction of sp³-hybridized carbons (Fsp3) is 0.692. The molecule has 1 aliphatic heterocycles. The smallest absolute Gasteiger partial charge is 0.0557 e. The van der Waals surface area contributed by atoms with Crippen molar-refractivity contribution in [2.24, 2.45) is 0 Å². The van der Waals surface area contributed by atoms with Crippen LogP contribution in [-0.2, 0) is 0 Å². The van der Waals surface area contributed by atoms with E-state index in [4.69, 9.17) is 0 Å². The summed E-state index contributed by atoms with van der Waals surface area (Å²) in [6.07, 6.45) is 1.19. The van der Waals surface area contributed by atoms with E-state index in [1.165, 1.54) is 27.3 Å². The van der Waals surface area contributed by atoms with Crippen molar-refractivity contribution in [2.75, 3.05) is 18.1 Å². The van der Waals surface area contributed by atoms with E-state index < -0.39 is 0 Å². The average molecular weight is 366 g/mol. The first kappa shape index (κ1) is 15.2. The van der Waals surface area contributed by atoms with E-state index in [0.717, 1.165) is 11.8 Å². The standard InChI is InChI=1S/C13H20BrNS3/c1-3-5-15-11(13-10(14)4-6-17-13)12-9(2)16-7-8-18-12/h4,6,9,11-12,15H,3,5,7-8H2,1-2H3. The summed E-state index contributed by atoms with van der Waals surface area (Å²) in [7, 11) is 0. The summed E-state index contributed by atoms with van der Waals surface area (Å²) < 4.78 is 1.27. The molecular formula is C13H20BrNS3. The second-order valence-corrected chi connectivity index (χ2v) is 9.05. The molecule has 2 rings (SSSR count). The SMILES string of the molecule is CCCNC(c1sccc1Br)C1SCCSC1C. The Labute approximate surface area is 131 Å². The number of halogens is 1. The molecule has 3 unspecified atom stereocenters. The van der Waals surface area contributed by atoms with E-state index in [0.29, 0.717) is 11.3 Å². The molecular weight excluding hydrogens is 346 g/mol. The van der Waals surface area contributed by atoms with Crippen molar-refractivity contribution >= 4 is 50.8 Å². The van der Waals surface area contributed by atoms with Gasteiger partial charge in [0.1, 0.15) is 0 Å². The highest BCUT2D eigenvalue weighted by molar-refractivity contribution is 9.10. The molecule has 0 bridgehead atoms. The second-order valence-electron chi connectivity index (χ2n) is 4.48. The molecule has 5 heteroatoms. The lowest BCUT2D eigenvalue weighted by atomic mass is 10.1. The summed E-state index contributed by atoms with van der Waals surface area (Å²) in [6.45, 7) is 5.72. The lowest BCUT2D eigenvalue weighted by molar-refractivity contribution is 0.514. The minimum Gasteiger partial charge on any atom is -0.308 e. The molecule has 1 aromatic rings. The monoisotopic (exact) mass is 365 g/mol. The fourth-order valence-corrected chi connectivity index (χ4v) is 6.96. The number of hydrogen-bond acceptors (Lipinski definition) is 4. The topological polar surface area (TPSA) is 12.0 Å². The maximum absolute atomic E-state index is 3.76. The van der Waals surface area contributed by atoms with Crippen molar-refractivity contribution in [2.45, 2.75) is 36.8 Å². The van der Waals surface area contributed by atoms with E-state index in [9.17, 15) is 0 Å². The molecule has 0 aromatic carbocycles. The Bertz CT molecular complexity index is 369. The molecule has 3 atom stereocenters. The number of hydrogen-bond donors (Lipinski definition) is 1. The van der Waals surface area contributed by atoms with Gasteiger partial charge in [-0.15, -0.1) is 11.3 Å². The van der Waals surface area contributed by atoms with Gasteiger partial charge in [-0.25, -0.2) is 0 Å². The summed E-state index contributed by atoms with van der Waals surface area (Å²) in [5.41, 5.74) is 0. The van der Waals surface area contributed by atoms with Crippen LogP contribution in [0.25, 0.3) is 0 Å². The number of rotatable bonds is 5. The first-order chi connectivity index (χ1) is 8.74. The number of thioether (sulfide) groups is 2. The normalized spacial score (nSPS) is 26.2. The Balaban J connectivity index is 2.16. The second kappa shape index (κ2) is 7.58. The van der Waals surface area contributed by atoms with Crippen LogP contribution >= 0.6 is 50.8 Å². The Morgan fingerprint density at radius 1 is 1.44 bits per heavy atom. The van der Waals surface area contributed by atoms with Gasteiger partial charge in [0.25, 0.3) is 0 Å². The van der Waals surface area contributed by atoms with Crippen molar-refractivity contribution in [3.8, 4) is 0 Å². The summed E-state index contributed by atoms with van der Waals surface area (Å²) in [4.78, 5) is 1.47. The third kappa shape index (κ3) is 3.69. The van der Waals surface area contributed by atoms with Gasteiger partial charge in [0.2, 0.25) is 0 Å². The van der Waals surface area contributed by atoms with Crippen LogP contribution in [-0.4, -0.2) is 28.6 Å². The van der Waals surface area contributed by atoms with Crippen molar-refractivity contribution in [1.82, 2.24) is 5.32 Å². The Morgan fingerprint density at radius 2 is 2.22 bits per heavy atom. The van der Waals surface area contributed by atoms with Crippen LogP contribution in [0.15, 0.2) is 15.9 Å². The largest absolute Gasteiger partial charge is 0.308 e. The van der Waals surface area contributed by atoms with Crippen molar-refractivity contribution in [1.29, 1.82) is 0 Å². The maximum atomic E-state index is 3.76. The van der Waals surface area contributed by atoms with Gasteiger partial charge in [-0.3, -0.25) is 0 Å². The minimum absolute atomic E-state index is 0.493. The van der Waals surface area contributed by atoms with Crippen LogP contribution in [0, 0.1) is 0 Å². The van der Waals surface area contributed by atoms with Gasteiger partial charge in [-0.05, 0) is 40.3 Å². The Morgan fingerprint density at radius 3 is 2.83 bits per heavy atom. The summed E-state index contributed by atoms with van der Waals surface area (Å²) in [5.74, 6) is 2.58. The predicted molar refractivity (Wildman–Crippen MR) is 91.2 cm³/mol. The Hall–Kier alpha value is 0.840. The first-order valence-electron chi connectivity index (χ1n) is 6.43. The van der Waals surface area contributed by atoms with E-state index >= 15 is 0 Å². The fourth-order valence-electron chi connectivity index (χ4n) is 2.20. The number of nitrogens with one attached hydrogen (secondary N) is 1. The van der Waals surface area contributed by atoms with E-state index in [1.54, 1.807) is 0 Å². The van der Waals surface area contributed by atoms with Crippen LogP contribution in [0.3, 0.4) is 0 Å². The summed E-state index contributed by atoms with van der Waals surface area (Å²) in [5, 5.41) is 7.36. The predicted octanol–water partition coefficient (Wildman–Crippen LogP) is 4.79. The lowest BCUT2D eigenvalue weighted by Crippen LogP contribution is -2.37. The van der Waals surface area contributed by atoms with Crippen LogP contribution in [0.1, 0.15) is 31.2 Å². The first-order valence-corrected chi connectivity index (χ1v) is 10.2. The van der Waals surface area contributed by atoms with Gasteiger partial charge in [-0.2, -0.15) is 23.5 Å². The van der Waals surface area contributed by atoms with Gasteiger partial charge in [0.15, 0.2) is 0 Å². The molecule has 0 amide bonds. The molecule has 2 heterocycles. The third-order valence-corrected chi connectivity index (χ3v) is 8.26. The zero-order valence-corrected chi connectivity index (χ0v) is 14.9. The van der Waals surface area contributed by atoms with Crippen molar-refractivity contribution in [3.63, 3.8) is 0 Å². The van der Waals surface area contributed by atoms with Crippen LogP contribution in [0.4, 0.5) is 0 Å². The zero-order valence-electron chi connectivity index (χ0n) is 10.8. The molecule has 1 saturated heterocycles. The molecule has 1 N–H and O–H groups in total. The van der Waals surface area contributed by atoms with Crippen LogP contribution < -0.4 is 5.32 Å². The molecule has 1 fully saturated rings. The molecule has 102 valence electrons. The highest BCUT2D eigenvalue weighted by Crippen LogP contribution is 2.42. The molecule has 18 heavy (non-hydrogen) atoms. The number of thiophene rings is 1. The molecule has 0 spiro atoms. The summed E-state index contributed by atoms with van der Waals surface area (Å²) in [6, 6.07) is 2.67. The quantitative estimate of drug-likeness (QED) is 0.805. The van der Waals surface area contributed by atoms with Gasteiger partial charge < -0.3 is 5.32 Å². The van der Waals surface area contributed by atoms with Gasteiger partial charge >= 0.3 is 0 Å². The molecule has 0 saturated carbocycles. The molecule has 1 aliphatic rings. The Kier molecular flexibility index (Phi) is 6.41. The van der Waals surface area contributed by atoms with Gasteiger partial charge in [0, 0.05) is 31.4 Å². The van der Waals surface area contributed by atoms with E-state index in [-0.39, 0.29) is 0 Å². The average Bonchev–Trinajstić information content (AvgIpc) is 2.78.